The Labute approximate surface area is 99.0 Å². The van der Waals surface area contributed by atoms with Gasteiger partial charge in [-0.1, -0.05) is 0 Å². The Morgan fingerprint density at radius 1 is 1.44 bits per heavy atom. The summed E-state index contributed by atoms with van der Waals surface area (Å²) >= 11 is 0. The summed E-state index contributed by atoms with van der Waals surface area (Å²) in [6, 6.07) is 0. The van der Waals surface area contributed by atoms with Gasteiger partial charge in [-0.3, -0.25) is 9.69 Å². The molecule has 1 N–H and O–H groups in total. The van der Waals surface area contributed by atoms with E-state index < -0.39 is 0 Å². The molecule has 0 aromatic rings. The number of nitrogens with one attached hydrogen (secondary N) is 1. The van der Waals surface area contributed by atoms with E-state index in [2.05, 4.69) is 10.2 Å². The first-order valence-corrected chi connectivity index (χ1v) is 6.35. The lowest BCUT2D eigenvalue weighted by Crippen LogP contribution is -2.39. The van der Waals surface area contributed by atoms with Crippen LogP contribution < -0.4 is 5.32 Å². The second kappa shape index (κ2) is 6.86. The topological polar surface area (TPSA) is 35.6 Å². The van der Waals surface area contributed by atoms with Gasteiger partial charge in [0, 0.05) is 19.6 Å². The summed E-state index contributed by atoms with van der Waals surface area (Å²) in [5.41, 5.74) is 0. The van der Waals surface area contributed by atoms with Crippen LogP contribution in [0.25, 0.3) is 0 Å². The lowest BCUT2D eigenvalue weighted by Gasteiger charge is -2.22. The summed E-state index contributed by atoms with van der Waals surface area (Å²) in [7, 11) is 1.99. The molecule has 1 atom stereocenters. The molecule has 0 saturated carbocycles. The number of likely N-dealkylation sites (N-methyl/N-ethyl adjacent to an activating group) is 1. The summed E-state index contributed by atoms with van der Waals surface area (Å²) in [5, 5.41) is 3.21. The van der Waals surface area contributed by atoms with E-state index in [9.17, 15) is 4.79 Å². The molecule has 1 saturated heterocycles. The Bertz CT molecular complexity index is 216. The van der Waals surface area contributed by atoms with Crippen molar-refractivity contribution in [3.63, 3.8) is 0 Å². The first-order valence-electron chi connectivity index (χ1n) is 6.35. The van der Waals surface area contributed by atoms with Crippen molar-refractivity contribution >= 4 is 5.91 Å². The van der Waals surface area contributed by atoms with Gasteiger partial charge in [0.25, 0.3) is 0 Å². The van der Waals surface area contributed by atoms with Crippen LogP contribution in [-0.4, -0.2) is 62.0 Å². The number of carbonyl (C=O) groups excluding carboxylic acids is 1. The quantitative estimate of drug-likeness (QED) is 0.713. The Hall–Kier alpha value is -0.610. The van der Waals surface area contributed by atoms with E-state index in [0.717, 1.165) is 38.6 Å². The fourth-order valence-corrected chi connectivity index (χ4v) is 2.38. The van der Waals surface area contributed by atoms with E-state index in [-0.39, 0.29) is 5.91 Å². The van der Waals surface area contributed by atoms with Gasteiger partial charge in [0.2, 0.25) is 5.91 Å². The van der Waals surface area contributed by atoms with E-state index >= 15 is 0 Å². The monoisotopic (exact) mass is 227 g/mol. The Morgan fingerprint density at radius 2 is 2.12 bits per heavy atom. The first-order chi connectivity index (χ1) is 7.71. The highest BCUT2D eigenvalue weighted by Crippen LogP contribution is 2.14. The molecular weight excluding hydrogens is 202 g/mol. The van der Waals surface area contributed by atoms with Crippen LogP contribution in [0, 0.1) is 5.92 Å². The predicted octanol–water partition coefficient (Wildman–Crippen LogP) is 0.396. The van der Waals surface area contributed by atoms with Crippen molar-refractivity contribution in [1.29, 1.82) is 0 Å². The molecule has 1 fully saturated rings. The van der Waals surface area contributed by atoms with Crippen LogP contribution in [0.5, 0.6) is 0 Å². The maximum atomic E-state index is 11.9. The maximum Gasteiger partial charge on any atom is 0.236 e. The minimum Gasteiger partial charge on any atom is -0.342 e. The van der Waals surface area contributed by atoms with Gasteiger partial charge in [-0.2, -0.15) is 0 Å². The second-order valence-corrected chi connectivity index (χ2v) is 4.51. The average molecular weight is 227 g/mol. The number of hydrogen-bond donors (Lipinski definition) is 1. The van der Waals surface area contributed by atoms with Crippen molar-refractivity contribution in [1.82, 2.24) is 15.1 Å². The Morgan fingerprint density at radius 3 is 2.69 bits per heavy atom. The molecule has 1 aliphatic heterocycles. The average Bonchev–Trinajstić information content (AvgIpc) is 2.68. The van der Waals surface area contributed by atoms with E-state index in [1.807, 2.05) is 25.8 Å². The molecule has 16 heavy (non-hydrogen) atoms. The Kier molecular flexibility index (Phi) is 5.77. The highest BCUT2D eigenvalue weighted by molar-refractivity contribution is 5.78. The zero-order valence-electron chi connectivity index (χ0n) is 10.8. The molecular formula is C12H25N3O. The van der Waals surface area contributed by atoms with Crippen LogP contribution in [0.1, 0.15) is 20.3 Å². The van der Waals surface area contributed by atoms with Crippen molar-refractivity contribution in [2.24, 2.45) is 5.92 Å². The summed E-state index contributed by atoms with van der Waals surface area (Å²) in [6.07, 6.45) is 1.21. The molecule has 0 aliphatic carbocycles. The van der Waals surface area contributed by atoms with Crippen molar-refractivity contribution < 1.29 is 4.79 Å². The molecule has 0 bridgehead atoms. The van der Waals surface area contributed by atoms with E-state index in [0.29, 0.717) is 6.54 Å². The van der Waals surface area contributed by atoms with Gasteiger partial charge < -0.3 is 10.2 Å². The third-order valence-electron chi connectivity index (χ3n) is 3.34. The molecule has 0 aromatic heterocycles. The Balaban J connectivity index is 2.30. The molecule has 0 spiro atoms. The van der Waals surface area contributed by atoms with Crippen LogP contribution in [-0.2, 0) is 4.79 Å². The molecule has 0 aromatic carbocycles. The van der Waals surface area contributed by atoms with Gasteiger partial charge in [0.05, 0.1) is 6.54 Å². The number of likely N-dealkylation sites (tertiary alicyclic amines) is 1. The molecule has 4 heteroatoms. The third-order valence-corrected chi connectivity index (χ3v) is 3.34. The van der Waals surface area contributed by atoms with Crippen LogP contribution >= 0.6 is 0 Å². The molecule has 1 amide bonds. The molecule has 0 radical (unpaired) electrons. The van der Waals surface area contributed by atoms with Gasteiger partial charge in [0.1, 0.15) is 0 Å². The molecule has 1 aliphatic rings. The minimum atomic E-state index is 0.273. The standard InChI is InChI=1S/C12H25N3O/c1-4-15(5-2)12(16)10-14-7-6-11(9-14)8-13-3/h11,13H,4-10H2,1-3H3. The van der Waals surface area contributed by atoms with Crippen molar-refractivity contribution in [3.05, 3.63) is 0 Å². The highest BCUT2D eigenvalue weighted by Gasteiger charge is 2.24. The van der Waals surface area contributed by atoms with Crippen molar-refractivity contribution in [2.75, 3.05) is 46.3 Å². The first kappa shape index (κ1) is 13.5. The lowest BCUT2D eigenvalue weighted by atomic mass is 10.1. The van der Waals surface area contributed by atoms with E-state index in [1.54, 1.807) is 0 Å². The van der Waals surface area contributed by atoms with Gasteiger partial charge in [0.15, 0.2) is 0 Å². The minimum absolute atomic E-state index is 0.273. The molecule has 1 heterocycles. The number of carbonyl (C=O) groups is 1. The SMILES string of the molecule is CCN(CC)C(=O)CN1CCC(CNC)C1. The summed E-state index contributed by atoms with van der Waals surface area (Å²) in [4.78, 5) is 16.1. The summed E-state index contributed by atoms with van der Waals surface area (Å²) < 4.78 is 0. The van der Waals surface area contributed by atoms with E-state index in [1.165, 1.54) is 6.42 Å². The second-order valence-electron chi connectivity index (χ2n) is 4.51. The van der Waals surface area contributed by atoms with Crippen LogP contribution in [0.15, 0.2) is 0 Å². The zero-order chi connectivity index (χ0) is 12.0. The van der Waals surface area contributed by atoms with Crippen LogP contribution in [0.2, 0.25) is 0 Å². The summed E-state index contributed by atoms with van der Waals surface area (Å²) in [6.45, 7) is 9.52. The lowest BCUT2D eigenvalue weighted by molar-refractivity contribution is -0.131. The van der Waals surface area contributed by atoms with Gasteiger partial charge in [-0.15, -0.1) is 0 Å². The normalized spacial score (nSPS) is 21.3. The predicted molar refractivity (Wildman–Crippen MR) is 66.4 cm³/mol. The van der Waals surface area contributed by atoms with Crippen LogP contribution in [0.3, 0.4) is 0 Å². The molecule has 94 valence electrons. The molecule has 4 nitrogen and oxygen atoms in total. The number of rotatable bonds is 6. The molecule has 1 unspecified atom stereocenters. The maximum absolute atomic E-state index is 11.9. The molecule has 1 rings (SSSR count). The van der Waals surface area contributed by atoms with E-state index in [4.69, 9.17) is 0 Å². The number of hydrogen-bond acceptors (Lipinski definition) is 3. The van der Waals surface area contributed by atoms with Crippen molar-refractivity contribution in [3.8, 4) is 0 Å². The fraction of sp³-hybridized carbons (Fsp3) is 0.917. The van der Waals surface area contributed by atoms with Gasteiger partial charge >= 0.3 is 0 Å². The van der Waals surface area contributed by atoms with Crippen molar-refractivity contribution in [2.45, 2.75) is 20.3 Å². The largest absolute Gasteiger partial charge is 0.342 e. The van der Waals surface area contributed by atoms with Gasteiger partial charge in [-0.05, 0) is 46.3 Å². The number of nitrogens with zero attached hydrogens (tertiary/aromatic N) is 2. The van der Waals surface area contributed by atoms with Gasteiger partial charge in [-0.25, -0.2) is 0 Å². The zero-order valence-corrected chi connectivity index (χ0v) is 10.8. The highest BCUT2D eigenvalue weighted by atomic mass is 16.2. The smallest absolute Gasteiger partial charge is 0.236 e. The van der Waals surface area contributed by atoms with Crippen LogP contribution in [0.4, 0.5) is 0 Å². The fourth-order valence-electron chi connectivity index (χ4n) is 2.38. The summed E-state index contributed by atoms with van der Waals surface area (Å²) in [5.74, 6) is 0.990. The third kappa shape index (κ3) is 3.76. The number of amides is 1.